The van der Waals surface area contributed by atoms with Crippen LogP contribution in [-0.4, -0.2) is 36.8 Å². The number of hydrogen-bond acceptors (Lipinski definition) is 8. The minimum atomic E-state index is -0.306. The van der Waals surface area contributed by atoms with Crippen molar-refractivity contribution in [3.8, 4) is 28.8 Å². The van der Waals surface area contributed by atoms with Crippen LogP contribution in [0.25, 0.3) is 33.5 Å². The van der Waals surface area contributed by atoms with Crippen LogP contribution >= 0.6 is 0 Å². The normalized spacial score (nSPS) is 12.4. The molecule has 1 aliphatic rings. The highest BCUT2D eigenvalue weighted by Gasteiger charge is 2.17. The minimum absolute atomic E-state index is 0.212. The Bertz CT molecular complexity index is 2010. The molecular weight excluding hydrogens is 532 g/mol. The van der Waals surface area contributed by atoms with Gasteiger partial charge in [-0.05, 0) is 54.1 Å². The zero-order valence-electron chi connectivity index (χ0n) is 23.0. The molecule has 4 aromatic carbocycles. The van der Waals surface area contributed by atoms with E-state index in [1.165, 1.54) is 4.68 Å². The molecule has 208 valence electrons. The second-order valence-corrected chi connectivity index (χ2v) is 10.1. The molecule has 7 rings (SSSR count). The van der Waals surface area contributed by atoms with Crippen LogP contribution in [0.1, 0.15) is 11.1 Å². The predicted octanol–water partition coefficient (Wildman–Crippen LogP) is 6.07. The van der Waals surface area contributed by atoms with Crippen LogP contribution in [0.4, 0.5) is 5.69 Å². The molecule has 0 amide bonds. The number of aromatic nitrogens is 2. The van der Waals surface area contributed by atoms with Crippen LogP contribution in [0.5, 0.6) is 17.2 Å². The van der Waals surface area contributed by atoms with Gasteiger partial charge in [0.05, 0.1) is 17.1 Å². The van der Waals surface area contributed by atoms with Crippen molar-refractivity contribution in [1.29, 1.82) is 0 Å². The van der Waals surface area contributed by atoms with Gasteiger partial charge in [0.1, 0.15) is 17.9 Å². The molecule has 0 radical (unpaired) electrons. The average Bonchev–Trinajstić information content (AvgIpc) is 3.66. The maximum Gasteiger partial charge on any atom is 0.282 e. The average molecular weight is 559 g/mol. The van der Waals surface area contributed by atoms with Crippen molar-refractivity contribution in [2.75, 3.05) is 25.8 Å². The van der Waals surface area contributed by atoms with Gasteiger partial charge in [-0.2, -0.15) is 9.78 Å². The number of fused-ring (bicyclic) bond motifs is 3. The van der Waals surface area contributed by atoms with Crippen molar-refractivity contribution in [3.63, 3.8) is 0 Å². The summed E-state index contributed by atoms with van der Waals surface area (Å²) in [7, 11) is 3.93. The molecule has 0 N–H and O–H groups in total. The first-order valence-corrected chi connectivity index (χ1v) is 13.4. The third-order valence-corrected chi connectivity index (χ3v) is 7.06. The number of anilines is 1. The molecule has 9 nitrogen and oxygen atoms in total. The molecule has 9 heteroatoms. The summed E-state index contributed by atoms with van der Waals surface area (Å²) < 4.78 is 24.6. The maximum absolute atomic E-state index is 13.7. The van der Waals surface area contributed by atoms with E-state index in [9.17, 15) is 4.79 Å². The van der Waals surface area contributed by atoms with Crippen molar-refractivity contribution in [1.82, 2.24) is 9.66 Å². The lowest BCUT2D eigenvalue weighted by Crippen LogP contribution is -2.20. The molecule has 0 atom stereocenters. The summed E-state index contributed by atoms with van der Waals surface area (Å²) >= 11 is 0. The van der Waals surface area contributed by atoms with Gasteiger partial charge in [0.25, 0.3) is 5.56 Å². The number of ether oxygens (including phenoxy) is 3. The lowest BCUT2D eigenvalue weighted by atomic mass is 10.1. The molecule has 3 heterocycles. The fourth-order valence-electron chi connectivity index (χ4n) is 4.83. The Kier molecular flexibility index (Phi) is 6.31. The van der Waals surface area contributed by atoms with E-state index < -0.39 is 0 Å². The van der Waals surface area contributed by atoms with Crippen molar-refractivity contribution in [2.45, 2.75) is 6.61 Å². The molecule has 0 saturated heterocycles. The fraction of sp³-hybridized carbons (Fsp3) is 0.121. The molecule has 2 aromatic heterocycles. The topological polar surface area (TPSA) is 91.3 Å². The smallest absolute Gasteiger partial charge is 0.282 e. The molecule has 0 spiro atoms. The molecule has 0 unspecified atom stereocenters. The standard InChI is InChI=1S/C33H26N4O5/c1-36(2)24-13-12-23(29(17-24)39-19-21-11-14-28-30(15-21)41-20-40-28)18-34-37-32(31-16-22-7-3-6-10-27(22)42-31)35-26-9-5-4-8-25(26)33(37)38/h3-18H,19-20H2,1-2H3. The molecule has 0 saturated carbocycles. The highest BCUT2D eigenvalue weighted by Crippen LogP contribution is 2.33. The first-order valence-electron chi connectivity index (χ1n) is 13.4. The summed E-state index contributed by atoms with van der Waals surface area (Å²) in [5.74, 6) is 2.77. The van der Waals surface area contributed by atoms with Crippen LogP contribution in [-0.2, 0) is 6.61 Å². The van der Waals surface area contributed by atoms with Crippen LogP contribution in [0.2, 0.25) is 0 Å². The van der Waals surface area contributed by atoms with E-state index in [4.69, 9.17) is 23.6 Å². The van der Waals surface area contributed by atoms with Crippen molar-refractivity contribution >= 4 is 33.8 Å². The summed E-state index contributed by atoms with van der Waals surface area (Å²) in [6, 6.07) is 28.3. The third-order valence-electron chi connectivity index (χ3n) is 7.06. The van der Waals surface area contributed by atoms with Gasteiger partial charge in [-0.3, -0.25) is 4.79 Å². The van der Waals surface area contributed by atoms with Crippen LogP contribution in [0.3, 0.4) is 0 Å². The van der Waals surface area contributed by atoms with Gasteiger partial charge in [-0.25, -0.2) is 4.98 Å². The number of nitrogens with zero attached hydrogens (tertiary/aromatic N) is 4. The van der Waals surface area contributed by atoms with Crippen molar-refractivity contribution < 1.29 is 18.6 Å². The first-order chi connectivity index (χ1) is 20.5. The molecule has 42 heavy (non-hydrogen) atoms. The minimum Gasteiger partial charge on any atom is -0.488 e. The zero-order valence-corrected chi connectivity index (χ0v) is 23.0. The number of rotatable bonds is 7. The fourth-order valence-corrected chi connectivity index (χ4v) is 4.83. The van der Waals surface area contributed by atoms with Gasteiger partial charge >= 0.3 is 0 Å². The Morgan fingerprint density at radius 1 is 0.952 bits per heavy atom. The lowest BCUT2D eigenvalue weighted by Gasteiger charge is -2.16. The molecule has 0 bridgehead atoms. The van der Waals surface area contributed by atoms with E-state index in [-0.39, 0.29) is 12.4 Å². The molecule has 0 fully saturated rings. The second kappa shape index (κ2) is 10.4. The Hall–Kier alpha value is -5.57. The second-order valence-electron chi connectivity index (χ2n) is 10.1. The summed E-state index contributed by atoms with van der Waals surface area (Å²) in [5.41, 5.74) is 3.54. The Labute approximate surface area is 240 Å². The lowest BCUT2D eigenvalue weighted by molar-refractivity contribution is 0.174. The van der Waals surface area contributed by atoms with Crippen LogP contribution in [0.15, 0.2) is 105 Å². The quantitative estimate of drug-likeness (QED) is 0.220. The van der Waals surface area contributed by atoms with Gasteiger partial charge in [0.2, 0.25) is 12.6 Å². The zero-order chi connectivity index (χ0) is 28.6. The van der Waals surface area contributed by atoms with E-state index in [0.29, 0.717) is 51.7 Å². The van der Waals surface area contributed by atoms with Crippen LogP contribution in [0, 0.1) is 0 Å². The SMILES string of the molecule is CN(C)c1ccc(C=Nn2c(-c3cc4ccccc4o3)nc3ccccc3c2=O)c(OCc2ccc3c(c2)OCO3)c1. The highest BCUT2D eigenvalue weighted by atomic mass is 16.7. The number of furan rings is 1. The molecule has 0 aliphatic carbocycles. The first kappa shape index (κ1) is 25.4. The third kappa shape index (κ3) is 4.71. The summed E-state index contributed by atoms with van der Waals surface area (Å²) in [5, 5.41) is 6.00. The van der Waals surface area contributed by atoms with E-state index in [1.54, 1.807) is 18.3 Å². The largest absolute Gasteiger partial charge is 0.488 e. The monoisotopic (exact) mass is 558 g/mol. The van der Waals surface area contributed by atoms with Gasteiger partial charge < -0.3 is 23.5 Å². The van der Waals surface area contributed by atoms with Gasteiger partial charge in [0.15, 0.2) is 17.3 Å². The van der Waals surface area contributed by atoms with Gasteiger partial charge in [-0.15, -0.1) is 0 Å². The van der Waals surface area contributed by atoms with E-state index in [1.807, 2.05) is 97.9 Å². The van der Waals surface area contributed by atoms with E-state index >= 15 is 0 Å². The number of hydrogen-bond donors (Lipinski definition) is 0. The molecular formula is C33H26N4O5. The van der Waals surface area contributed by atoms with E-state index in [2.05, 4.69) is 5.10 Å². The van der Waals surface area contributed by atoms with Crippen LogP contribution < -0.4 is 24.7 Å². The number of benzene rings is 4. The Morgan fingerprint density at radius 3 is 2.67 bits per heavy atom. The van der Waals surface area contributed by atoms with Crippen molar-refractivity contribution in [2.24, 2.45) is 5.10 Å². The summed E-state index contributed by atoms with van der Waals surface area (Å²) in [4.78, 5) is 20.5. The number of para-hydroxylation sites is 2. The summed E-state index contributed by atoms with van der Waals surface area (Å²) in [6.45, 7) is 0.514. The molecule has 6 aromatic rings. The van der Waals surface area contributed by atoms with Gasteiger partial charge in [-0.1, -0.05) is 36.4 Å². The Morgan fingerprint density at radius 2 is 1.79 bits per heavy atom. The Balaban J connectivity index is 1.29. The predicted molar refractivity (Wildman–Crippen MR) is 162 cm³/mol. The van der Waals surface area contributed by atoms with Gasteiger partial charge in [0, 0.05) is 36.8 Å². The summed E-state index contributed by atoms with van der Waals surface area (Å²) in [6.07, 6.45) is 1.61. The maximum atomic E-state index is 13.7. The molecule has 1 aliphatic heterocycles. The highest BCUT2D eigenvalue weighted by molar-refractivity contribution is 5.86. The van der Waals surface area contributed by atoms with E-state index in [0.717, 1.165) is 22.4 Å². The van der Waals surface area contributed by atoms with Crippen molar-refractivity contribution in [3.05, 3.63) is 112 Å².